The molecule has 0 nitrogen and oxygen atoms in total. The molecule has 0 aromatic heterocycles. The zero-order chi connectivity index (χ0) is 3.58. The summed E-state index contributed by atoms with van der Waals surface area (Å²) in [4.78, 5) is 4.26. The molecule has 0 atom stereocenters. The Morgan fingerprint density at radius 2 is 1.40 bits per heavy atom. The van der Waals surface area contributed by atoms with Crippen molar-refractivity contribution in [3.63, 3.8) is 0 Å². The first-order chi connectivity index (χ1) is 1.73. The maximum absolute atomic E-state index is 5.47. The maximum atomic E-state index is 5.47. The van der Waals surface area contributed by atoms with Crippen molar-refractivity contribution < 1.29 is 0 Å². The van der Waals surface area contributed by atoms with Crippen LogP contribution >= 0.6 is 8.92 Å². The molecule has 0 aromatic rings. The molecule has 0 rings (SSSR count). The Bertz CT molecular complexity index is 14.4. The quantitative estimate of drug-likeness (QED) is 0.507. The molecule has 0 saturated heterocycles. The monoisotopic (exact) mass is 196 g/mol. The molecule has 0 aromatic carbocycles. The summed E-state index contributed by atoms with van der Waals surface area (Å²) in [5, 5.41) is 0. The van der Waals surface area contributed by atoms with Gasteiger partial charge in [0.05, 0.1) is 0 Å². The molecule has 4 radical (unpaired) electrons. The van der Waals surface area contributed by atoms with Gasteiger partial charge in [0.25, 0.3) is 0 Å². The van der Waals surface area contributed by atoms with Crippen molar-refractivity contribution in [3.05, 3.63) is 0 Å². The Balaban J connectivity index is 0. The van der Waals surface area contributed by atoms with Gasteiger partial charge in [-0.15, -0.1) is 0 Å². The Kier molecular flexibility index (Phi) is 9.76. The van der Waals surface area contributed by atoms with Crippen LogP contribution < -0.4 is 0 Å². The fourth-order valence-electron chi connectivity index (χ4n) is 0. The number of hydrogen-bond acceptors (Lipinski definition) is 0. The van der Waals surface area contributed by atoms with E-state index >= 15 is 0 Å². The van der Waals surface area contributed by atoms with Gasteiger partial charge in [-0.1, -0.05) is 0 Å². The minimum absolute atomic E-state index is 0. The molecule has 0 bridgehead atoms. The van der Waals surface area contributed by atoms with Crippen molar-refractivity contribution in [2.24, 2.45) is 0 Å². The van der Waals surface area contributed by atoms with Crippen LogP contribution in [0.5, 0.6) is 0 Å². The molecule has 0 spiro atoms. The fourth-order valence-corrected chi connectivity index (χ4v) is 0. The van der Waals surface area contributed by atoms with Crippen molar-refractivity contribution in [3.8, 4) is 0 Å². The molecule has 28 valence electrons. The molecule has 5 heavy (non-hydrogen) atoms. The molecule has 0 aliphatic heterocycles. The summed E-state index contributed by atoms with van der Waals surface area (Å²) < 4.78 is 0. The Morgan fingerprint density at radius 1 is 1.40 bits per heavy atom. The second kappa shape index (κ2) is 5.15. The van der Waals surface area contributed by atoms with E-state index in [4.69, 9.17) is 8.92 Å². The first-order valence-electron chi connectivity index (χ1n) is 1.19. The molecular weight excluding hydrogens is 189 g/mol. The first kappa shape index (κ1) is 9.47. The Labute approximate surface area is 45.9 Å². The van der Waals surface area contributed by atoms with E-state index in [1.54, 1.807) is 0 Å². The van der Waals surface area contributed by atoms with Crippen LogP contribution in [0.25, 0.3) is 0 Å². The fraction of sp³-hybridized carbons (Fsp3) is 1.00. The summed E-state index contributed by atoms with van der Waals surface area (Å²) in [5.41, 5.74) is 0. The summed E-state index contributed by atoms with van der Waals surface area (Å²) in [6.07, 6.45) is 0. The third-order valence-electron chi connectivity index (χ3n) is 0. The normalized spacial score (nSPS) is 7.20. The van der Waals surface area contributed by atoms with E-state index in [9.17, 15) is 0 Å². The van der Waals surface area contributed by atoms with Gasteiger partial charge < -0.3 is 0 Å². The summed E-state index contributed by atoms with van der Waals surface area (Å²) >= 11 is -1.07. The molecule has 0 aliphatic carbocycles. The second-order valence-electron chi connectivity index (χ2n) is 0.878. The Hall–Kier alpha value is 1.15. The number of hydrogen-bond donors (Lipinski definition) is 0. The van der Waals surface area contributed by atoms with Crippen LogP contribution in [-0.4, -0.2) is 27.0 Å². The van der Waals surface area contributed by atoms with Gasteiger partial charge in [-0.2, -0.15) is 0 Å². The molecule has 3 heteroatoms. The van der Waals surface area contributed by atoms with Crippen molar-refractivity contribution in [1.29, 1.82) is 0 Å². The average Bonchev–Trinajstić information content (AvgIpc) is 0.811. The number of halogens is 1. The van der Waals surface area contributed by atoms with Crippen molar-refractivity contribution in [2.45, 2.75) is 9.88 Å². The summed E-state index contributed by atoms with van der Waals surface area (Å²) in [6, 6.07) is 0. The Morgan fingerprint density at radius 3 is 1.40 bits per heavy atom. The summed E-state index contributed by atoms with van der Waals surface area (Å²) in [5.74, 6) is 0. The van der Waals surface area contributed by atoms with Gasteiger partial charge in [-0.3, -0.25) is 0 Å². The number of rotatable bonds is 0. The molecule has 0 aliphatic rings. The third kappa shape index (κ3) is 38.5. The van der Waals surface area contributed by atoms with Crippen LogP contribution in [0.15, 0.2) is 0 Å². The van der Waals surface area contributed by atoms with E-state index in [-0.39, 0.29) is 8.41 Å². The molecule has 0 amide bonds. The van der Waals surface area contributed by atoms with Crippen molar-refractivity contribution in [1.82, 2.24) is 0 Å². The molecule has 0 unspecified atom stereocenters. The molecule has 0 heterocycles. The van der Waals surface area contributed by atoms with Gasteiger partial charge in [0.1, 0.15) is 0 Å². The van der Waals surface area contributed by atoms with Gasteiger partial charge in [-0.25, -0.2) is 0 Å². The van der Waals surface area contributed by atoms with Crippen molar-refractivity contribution >= 4 is 36.0 Å². The van der Waals surface area contributed by atoms with E-state index < -0.39 is 18.6 Å². The molecule has 0 N–H and O–H groups in total. The average molecular weight is 195 g/mol. The van der Waals surface area contributed by atoms with E-state index in [1.165, 1.54) is 0 Å². The van der Waals surface area contributed by atoms with Crippen LogP contribution in [0, 0.1) is 0 Å². The summed E-state index contributed by atoms with van der Waals surface area (Å²) in [6.45, 7) is 0. The summed E-state index contributed by atoms with van der Waals surface area (Å²) in [7, 11) is 5.47. The predicted octanol–water partition coefficient (Wildman–Crippen LogP) is 1.10. The van der Waals surface area contributed by atoms with E-state index in [0.717, 1.165) is 0 Å². The van der Waals surface area contributed by atoms with Gasteiger partial charge in [-0.05, 0) is 0 Å². The first-order valence-corrected chi connectivity index (χ1v) is 10.5. The predicted molar refractivity (Wildman–Crippen MR) is 29.1 cm³/mol. The van der Waals surface area contributed by atoms with E-state index in [2.05, 4.69) is 9.88 Å². The van der Waals surface area contributed by atoms with Gasteiger partial charge in [0, 0.05) is 8.41 Å². The van der Waals surface area contributed by atoms with E-state index in [1.807, 2.05) is 0 Å². The van der Waals surface area contributed by atoms with Crippen LogP contribution in [-0.2, 0) is 0 Å². The van der Waals surface area contributed by atoms with E-state index in [0.29, 0.717) is 0 Å². The standard InChI is InChI=1S/2CH3.B.ClH.Sn/h2*1H3;;1H;/q;;;;+1/p-1. The minimum atomic E-state index is -1.07. The zero-order valence-corrected chi connectivity index (χ0v) is 7.07. The second-order valence-corrected chi connectivity index (χ2v) is 11.0. The molecular formula is C2H6BClSn. The van der Waals surface area contributed by atoms with Gasteiger partial charge in [0.15, 0.2) is 0 Å². The van der Waals surface area contributed by atoms with Crippen LogP contribution in [0.3, 0.4) is 0 Å². The van der Waals surface area contributed by atoms with Crippen LogP contribution in [0.2, 0.25) is 9.88 Å². The molecule has 0 saturated carbocycles. The van der Waals surface area contributed by atoms with Crippen molar-refractivity contribution in [2.75, 3.05) is 0 Å². The van der Waals surface area contributed by atoms with Gasteiger partial charge >= 0.3 is 37.4 Å². The van der Waals surface area contributed by atoms with Gasteiger partial charge in [0.2, 0.25) is 0 Å². The SMILES string of the molecule is [B].[CH3][Sn]([CH3])[Cl]. The van der Waals surface area contributed by atoms with Crippen LogP contribution in [0.4, 0.5) is 0 Å². The molecule has 0 fully saturated rings. The zero-order valence-electron chi connectivity index (χ0n) is 3.46. The third-order valence-corrected chi connectivity index (χ3v) is 0. The topological polar surface area (TPSA) is 0 Å². The van der Waals surface area contributed by atoms with Crippen LogP contribution in [0.1, 0.15) is 0 Å².